The van der Waals surface area contributed by atoms with Crippen LogP contribution in [0.2, 0.25) is 0 Å². The van der Waals surface area contributed by atoms with E-state index in [0.29, 0.717) is 29.6 Å². The molecule has 1 aromatic heterocycles. The van der Waals surface area contributed by atoms with Gasteiger partial charge in [0.15, 0.2) is 0 Å². The van der Waals surface area contributed by atoms with Crippen molar-refractivity contribution < 1.29 is 13.2 Å². The van der Waals surface area contributed by atoms with Crippen molar-refractivity contribution in [3.8, 4) is 0 Å². The fourth-order valence-electron chi connectivity index (χ4n) is 3.66. The lowest BCUT2D eigenvalue weighted by Crippen LogP contribution is -2.29. The molecule has 2 aromatic rings. The van der Waals surface area contributed by atoms with Gasteiger partial charge in [0, 0.05) is 31.6 Å². The minimum Gasteiger partial charge on any atom is -0.362 e. The predicted octanol–water partition coefficient (Wildman–Crippen LogP) is 3.58. The van der Waals surface area contributed by atoms with Gasteiger partial charge in [-0.1, -0.05) is 0 Å². The van der Waals surface area contributed by atoms with Crippen LogP contribution in [0.1, 0.15) is 68.6 Å². The first-order valence-corrected chi connectivity index (χ1v) is 12.1. The number of aromatic nitrogens is 2. The van der Waals surface area contributed by atoms with E-state index in [-0.39, 0.29) is 16.3 Å². The second-order valence-corrected chi connectivity index (χ2v) is 10.9. The van der Waals surface area contributed by atoms with Gasteiger partial charge in [0.05, 0.1) is 16.1 Å². The zero-order valence-electron chi connectivity index (χ0n) is 18.4. The van der Waals surface area contributed by atoms with Crippen molar-refractivity contribution in [3.05, 3.63) is 41.7 Å². The summed E-state index contributed by atoms with van der Waals surface area (Å²) < 4.78 is 31.0. The molecule has 0 unspecified atom stereocenters. The number of rotatable bonds is 5. The first-order chi connectivity index (χ1) is 14.5. The Morgan fingerprint density at radius 1 is 1.19 bits per heavy atom. The van der Waals surface area contributed by atoms with E-state index in [4.69, 9.17) is 0 Å². The average molecular weight is 444 g/mol. The van der Waals surface area contributed by atoms with E-state index >= 15 is 0 Å². The highest BCUT2D eigenvalue weighted by Crippen LogP contribution is 2.40. The van der Waals surface area contributed by atoms with Crippen LogP contribution in [0.25, 0.3) is 0 Å². The Morgan fingerprint density at radius 3 is 2.42 bits per heavy atom. The van der Waals surface area contributed by atoms with E-state index in [9.17, 15) is 13.2 Å². The minimum atomic E-state index is -3.78. The molecule has 0 bridgehead atoms. The molecule has 31 heavy (non-hydrogen) atoms. The van der Waals surface area contributed by atoms with Gasteiger partial charge in [-0.3, -0.25) is 9.48 Å². The third-order valence-corrected chi connectivity index (χ3v) is 6.88. The summed E-state index contributed by atoms with van der Waals surface area (Å²) in [6, 6.07) is 7.98. The normalized spacial score (nSPS) is 18.6. The zero-order valence-corrected chi connectivity index (χ0v) is 19.2. The molecule has 1 saturated heterocycles. The highest BCUT2D eigenvalue weighted by molar-refractivity contribution is 7.90. The maximum absolute atomic E-state index is 13.0. The third kappa shape index (κ3) is 4.66. The summed E-state index contributed by atoms with van der Waals surface area (Å²) in [6.07, 6.45) is 3.79. The molecule has 0 radical (unpaired) electrons. The largest absolute Gasteiger partial charge is 0.362 e. The Hall–Kier alpha value is -2.68. The van der Waals surface area contributed by atoms with Gasteiger partial charge in [-0.2, -0.15) is 13.5 Å². The van der Waals surface area contributed by atoms with E-state index in [0.717, 1.165) is 31.5 Å². The molecular formula is C22H29N5O3S. The van der Waals surface area contributed by atoms with Gasteiger partial charge in [0.1, 0.15) is 11.5 Å². The number of carbonyl (C=O) groups excluding carboxylic acids is 1. The van der Waals surface area contributed by atoms with Crippen LogP contribution in [0.3, 0.4) is 0 Å². The van der Waals surface area contributed by atoms with E-state index in [1.165, 1.54) is 12.1 Å². The fourth-order valence-corrected chi connectivity index (χ4v) is 4.75. The van der Waals surface area contributed by atoms with Crippen molar-refractivity contribution in [2.24, 2.45) is 4.40 Å². The van der Waals surface area contributed by atoms with E-state index in [1.807, 2.05) is 38.8 Å². The number of hydrogen-bond acceptors (Lipinski definition) is 4. The second kappa shape index (κ2) is 7.78. The molecule has 1 saturated carbocycles. The Morgan fingerprint density at radius 2 is 1.87 bits per heavy atom. The van der Waals surface area contributed by atoms with Gasteiger partial charge in [-0.05, 0) is 70.4 Å². The summed E-state index contributed by atoms with van der Waals surface area (Å²) in [4.78, 5) is 14.9. The van der Waals surface area contributed by atoms with E-state index in [2.05, 4.69) is 14.8 Å². The van der Waals surface area contributed by atoms with Crippen molar-refractivity contribution in [2.75, 3.05) is 18.9 Å². The van der Waals surface area contributed by atoms with Gasteiger partial charge in [-0.15, -0.1) is 4.40 Å². The monoisotopic (exact) mass is 443 g/mol. The van der Waals surface area contributed by atoms with Gasteiger partial charge >= 0.3 is 0 Å². The van der Waals surface area contributed by atoms with Crippen LogP contribution in [0.4, 0.5) is 5.69 Å². The summed E-state index contributed by atoms with van der Waals surface area (Å²) in [5, 5.41) is 7.53. The standard InChI is InChI=1S/C22H29N5O3S/c1-22(2,3)27-19(14-18(24-27)15-7-8-15)21(28)23-16-9-11-17(12-10-16)31(29,30)25-20-6-5-13-26(20)4/h9-12,14-15H,5-8,13H2,1-4H3,(H,23,28). The fraction of sp³-hybridized carbons (Fsp3) is 0.500. The number of likely N-dealkylation sites (tertiary alicyclic amines) is 1. The number of benzene rings is 1. The first-order valence-electron chi connectivity index (χ1n) is 10.6. The van der Waals surface area contributed by atoms with Gasteiger partial charge < -0.3 is 10.2 Å². The van der Waals surface area contributed by atoms with E-state index in [1.54, 1.807) is 16.8 Å². The highest BCUT2D eigenvalue weighted by atomic mass is 32.2. The van der Waals surface area contributed by atoms with Crippen LogP contribution >= 0.6 is 0 Å². The van der Waals surface area contributed by atoms with Crippen LogP contribution in [-0.2, 0) is 15.6 Å². The van der Waals surface area contributed by atoms with Crippen molar-refractivity contribution in [3.63, 3.8) is 0 Å². The average Bonchev–Trinajstić information content (AvgIpc) is 3.31. The van der Waals surface area contributed by atoms with Crippen LogP contribution in [0.15, 0.2) is 39.6 Å². The molecule has 166 valence electrons. The number of anilines is 1. The third-order valence-electron chi connectivity index (χ3n) is 5.56. The summed E-state index contributed by atoms with van der Waals surface area (Å²) >= 11 is 0. The Labute approximate surface area is 183 Å². The molecule has 1 aliphatic carbocycles. The van der Waals surface area contributed by atoms with Crippen molar-refractivity contribution in [1.29, 1.82) is 0 Å². The number of sulfonamides is 1. The zero-order chi connectivity index (χ0) is 22.4. The molecular weight excluding hydrogens is 414 g/mol. The number of amides is 1. The number of nitrogens with one attached hydrogen (secondary N) is 1. The Balaban J connectivity index is 1.53. The number of hydrogen-bond donors (Lipinski definition) is 1. The Kier molecular flexibility index (Phi) is 5.41. The molecule has 2 heterocycles. The van der Waals surface area contributed by atoms with Gasteiger partial charge in [-0.25, -0.2) is 0 Å². The maximum Gasteiger partial charge on any atom is 0.283 e. The van der Waals surface area contributed by atoms with Gasteiger partial charge in [0.2, 0.25) is 0 Å². The summed E-state index contributed by atoms with van der Waals surface area (Å²) in [5.41, 5.74) is 1.65. The molecule has 1 N–H and O–H groups in total. The molecule has 1 aromatic carbocycles. The smallest absolute Gasteiger partial charge is 0.283 e. The van der Waals surface area contributed by atoms with Crippen molar-refractivity contribution in [2.45, 2.75) is 62.8 Å². The number of carbonyl (C=O) groups is 1. The lowest BCUT2D eigenvalue weighted by Gasteiger charge is -2.22. The van der Waals surface area contributed by atoms with Crippen LogP contribution in [-0.4, -0.2) is 48.4 Å². The topological polar surface area (TPSA) is 96.7 Å². The number of amidine groups is 1. The SMILES string of the molecule is CN1CCCC1=NS(=O)(=O)c1ccc(NC(=O)c2cc(C3CC3)nn2C(C)(C)C)cc1. The predicted molar refractivity (Wildman–Crippen MR) is 120 cm³/mol. The molecule has 2 aliphatic rings. The van der Waals surface area contributed by atoms with E-state index < -0.39 is 10.0 Å². The summed E-state index contributed by atoms with van der Waals surface area (Å²) in [6.45, 7) is 6.84. The molecule has 0 atom stereocenters. The number of nitrogens with zero attached hydrogens (tertiary/aromatic N) is 4. The summed E-state index contributed by atoms with van der Waals surface area (Å²) in [7, 11) is -1.94. The van der Waals surface area contributed by atoms with Crippen molar-refractivity contribution >= 4 is 27.5 Å². The summed E-state index contributed by atoms with van der Waals surface area (Å²) in [5.74, 6) is 0.761. The molecule has 1 aliphatic heterocycles. The molecule has 2 fully saturated rings. The second-order valence-electron chi connectivity index (χ2n) is 9.30. The van der Waals surface area contributed by atoms with Crippen LogP contribution in [0.5, 0.6) is 0 Å². The quantitative estimate of drug-likeness (QED) is 0.762. The highest BCUT2D eigenvalue weighted by Gasteiger charge is 2.31. The molecule has 1 amide bonds. The molecule has 0 spiro atoms. The maximum atomic E-state index is 13.0. The Bertz CT molecular complexity index is 1120. The lowest BCUT2D eigenvalue weighted by atomic mass is 10.1. The molecule has 9 heteroatoms. The molecule has 4 rings (SSSR count). The van der Waals surface area contributed by atoms with Crippen molar-refractivity contribution in [1.82, 2.24) is 14.7 Å². The van der Waals surface area contributed by atoms with Gasteiger partial charge in [0.25, 0.3) is 15.9 Å². The first kappa shape index (κ1) is 21.5. The van der Waals surface area contributed by atoms with Crippen LogP contribution in [0, 0.1) is 0 Å². The van der Waals surface area contributed by atoms with Crippen LogP contribution < -0.4 is 5.32 Å². The molecule has 8 nitrogen and oxygen atoms in total. The minimum absolute atomic E-state index is 0.106. The lowest BCUT2D eigenvalue weighted by molar-refractivity contribution is 0.100.